The summed E-state index contributed by atoms with van der Waals surface area (Å²) in [7, 11) is 0. The van der Waals surface area contributed by atoms with Crippen LogP contribution in [0.5, 0.6) is 0 Å². The van der Waals surface area contributed by atoms with Crippen LogP contribution in [0.4, 0.5) is 0 Å². The summed E-state index contributed by atoms with van der Waals surface area (Å²) in [5, 5.41) is 7.19. The molecule has 3 heteroatoms. The fraction of sp³-hybridized carbons (Fsp3) is 0. The largest absolute Gasteiger partial charge is 0.454 e. The number of para-hydroxylation sites is 4. The second kappa shape index (κ2) is 9.22. The van der Waals surface area contributed by atoms with Crippen LogP contribution < -0.4 is 0 Å². The maximum Gasteiger partial charge on any atom is 0.159 e. The minimum Gasteiger partial charge on any atom is -0.454 e. The Morgan fingerprint density at radius 3 is 1.67 bits per heavy atom. The van der Waals surface area contributed by atoms with E-state index in [1.807, 2.05) is 6.07 Å². The van der Waals surface area contributed by atoms with E-state index in [1.165, 1.54) is 38.1 Å². The van der Waals surface area contributed by atoms with E-state index in [-0.39, 0.29) is 0 Å². The van der Waals surface area contributed by atoms with Crippen LogP contribution in [-0.2, 0) is 0 Å². The fourth-order valence-corrected chi connectivity index (χ4v) is 7.32. The lowest BCUT2D eigenvalue weighted by molar-refractivity contribution is 0.666. The Kier molecular flexibility index (Phi) is 5.00. The topological polar surface area (TPSA) is 23.0 Å². The minimum atomic E-state index is 0.891. The molecule has 0 unspecified atom stereocenters. The molecule has 0 bridgehead atoms. The highest BCUT2D eigenvalue weighted by atomic mass is 16.3. The standard InChI is InChI=1S/C42H26N2O/c1-3-13-27(14-4-1)28-23-35-32-19-9-12-22-41(32)45-42(35)40(24-28)44-37-21-11-8-18-31(37)34-25-33-30-17-7-10-20-36(30)43(38(33)26-39(34)44)29-15-5-2-6-16-29/h1-26H. The van der Waals surface area contributed by atoms with Gasteiger partial charge >= 0.3 is 0 Å². The lowest BCUT2D eigenvalue weighted by atomic mass is 10.0. The molecule has 0 N–H and O–H groups in total. The van der Waals surface area contributed by atoms with E-state index in [1.54, 1.807) is 0 Å². The van der Waals surface area contributed by atoms with Crippen molar-refractivity contribution >= 4 is 65.6 Å². The molecule has 0 fully saturated rings. The number of hydrogen-bond donors (Lipinski definition) is 0. The van der Waals surface area contributed by atoms with Crippen LogP contribution >= 0.6 is 0 Å². The third kappa shape index (κ3) is 3.46. The van der Waals surface area contributed by atoms with Crippen LogP contribution in [0, 0.1) is 0 Å². The number of benzene rings is 7. The van der Waals surface area contributed by atoms with Gasteiger partial charge in [-0.15, -0.1) is 0 Å². The highest BCUT2D eigenvalue weighted by Gasteiger charge is 2.21. The first-order chi connectivity index (χ1) is 22.3. The zero-order chi connectivity index (χ0) is 29.5. The van der Waals surface area contributed by atoms with Crippen molar-refractivity contribution in [1.29, 1.82) is 0 Å². The monoisotopic (exact) mass is 574 g/mol. The molecule has 3 nitrogen and oxygen atoms in total. The molecule has 45 heavy (non-hydrogen) atoms. The van der Waals surface area contributed by atoms with Crippen LogP contribution in [0.25, 0.3) is 88.1 Å². The normalized spacial score (nSPS) is 12.0. The molecular weight excluding hydrogens is 548 g/mol. The molecule has 0 atom stereocenters. The Hall–Kier alpha value is -6.06. The van der Waals surface area contributed by atoms with Gasteiger partial charge in [-0.05, 0) is 65.7 Å². The van der Waals surface area contributed by atoms with Crippen molar-refractivity contribution in [2.75, 3.05) is 0 Å². The highest BCUT2D eigenvalue weighted by Crippen LogP contribution is 2.43. The summed E-state index contributed by atoms with van der Waals surface area (Å²) >= 11 is 0. The number of rotatable bonds is 3. The van der Waals surface area contributed by atoms with Gasteiger partial charge in [-0.1, -0.05) is 103 Å². The van der Waals surface area contributed by atoms with Crippen molar-refractivity contribution in [3.05, 3.63) is 158 Å². The predicted octanol–water partition coefficient (Wildman–Crippen LogP) is 11.4. The summed E-state index contributed by atoms with van der Waals surface area (Å²) in [6.07, 6.45) is 0. The van der Waals surface area contributed by atoms with Crippen molar-refractivity contribution in [1.82, 2.24) is 9.13 Å². The van der Waals surface area contributed by atoms with Gasteiger partial charge in [0, 0.05) is 38.0 Å². The third-order valence-electron chi connectivity index (χ3n) is 9.29. The summed E-state index contributed by atoms with van der Waals surface area (Å²) in [5.74, 6) is 0. The first-order valence-corrected chi connectivity index (χ1v) is 15.4. The van der Waals surface area contributed by atoms with Crippen molar-refractivity contribution in [3.63, 3.8) is 0 Å². The average Bonchev–Trinajstić information content (AvgIpc) is 3.75. The second-order valence-electron chi connectivity index (χ2n) is 11.8. The van der Waals surface area contributed by atoms with Crippen molar-refractivity contribution in [3.8, 4) is 22.5 Å². The predicted molar refractivity (Wildman–Crippen MR) is 188 cm³/mol. The average molecular weight is 575 g/mol. The summed E-state index contributed by atoms with van der Waals surface area (Å²) < 4.78 is 11.5. The molecule has 10 rings (SSSR count). The molecule has 0 spiro atoms. The van der Waals surface area contributed by atoms with Gasteiger partial charge in [0.15, 0.2) is 5.58 Å². The molecule has 7 aromatic carbocycles. The first kappa shape index (κ1) is 24.4. The van der Waals surface area contributed by atoms with Gasteiger partial charge in [0.1, 0.15) is 5.58 Å². The zero-order valence-electron chi connectivity index (χ0n) is 24.3. The molecule has 10 aromatic rings. The Bertz CT molecular complexity index is 2740. The maximum absolute atomic E-state index is 6.70. The van der Waals surface area contributed by atoms with Gasteiger partial charge in [0.25, 0.3) is 0 Å². The van der Waals surface area contributed by atoms with E-state index in [0.29, 0.717) is 0 Å². The van der Waals surface area contributed by atoms with E-state index in [4.69, 9.17) is 4.42 Å². The summed E-state index contributed by atoms with van der Waals surface area (Å²) in [4.78, 5) is 0. The molecule has 3 aromatic heterocycles. The summed E-state index contributed by atoms with van der Waals surface area (Å²) in [5.41, 5.74) is 11.0. The lowest BCUT2D eigenvalue weighted by Crippen LogP contribution is -1.97. The zero-order valence-corrected chi connectivity index (χ0v) is 24.3. The number of fused-ring (bicyclic) bond motifs is 9. The van der Waals surface area contributed by atoms with E-state index < -0.39 is 0 Å². The molecule has 0 aliphatic heterocycles. The molecule has 0 saturated heterocycles. The number of nitrogens with zero attached hydrogens (tertiary/aromatic N) is 2. The van der Waals surface area contributed by atoms with Gasteiger partial charge < -0.3 is 13.6 Å². The van der Waals surface area contributed by atoms with Crippen LogP contribution in [0.3, 0.4) is 0 Å². The first-order valence-electron chi connectivity index (χ1n) is 15.4. The Balaban J connectivity index is 1.40. The Morgan fingerprint density at radius 2 is 0.933 bits per heavy atom. The van der Waals surface area contributed by atoms with Crippen molar-refractivity contribution in [2.24, 2.45) is 0 Å². The smallest absolute Gasteiger partial charge is 0.159 e. The minimum absolute atomic E-state index is 0.891. The lowest BCUT2D eigenvalue weighted by Gasteiger charge is -2.12. The van der Waals surface area contributed by atoms with Crippen molar-refractivity contribution in [2.45, 2.75) is 0 Å². The highest BCUT2D eigenvalue weighted by molar-refractivity contribution is 6.20. The van der Waals surface area contributed by atoms with Crippen LogP contribution in [0.1, 0.15) is 0 Å². The van der Waals surface area contributed by atoms with Gasteiger partial charge in [-0.3, -0.25) is 0 Å². The number of aromatic nitrogens is 2. The molecule has 0 radical (unpaired) electrons. The molecule has 0 amide bonds. The van der Waals surface area contributed by atoms with Crippen LogP contribution in [-0.4, -0.2) is 9.13 Å². The quantitative estimate of drug-likeness (QED) is 0.206. The molecule has 0 saturated carbocycles. The second-order valence-corrected chi connectivity index (χ2v) is 11.8. The molecule has 0 aliphatic carbocycles. The Morgan fingerprint density at radius 1 is 0.356 bits per heavy atom. The van der Waals surface area contributed by atoms with Gasteiger partial charge in [-0.2, -0.15) is 0 Å². The molecule has 3 heterocycles. The van der Waals surface area contributed by atoms with E-state index in [9.17, 15) is 0 Å². The van der Waals surface area contributed by atoms with Gasteiger partial charge in [-0.25, -0.2) is 0 Å². The molecular formula is C42H26N2O. The molecule has 210 valence electrons. The van der Waals surface area contributed by atoms with Crippen LogP contribution in [0.15, 0.2) is 162 Å². The maximum atomic E-state index is 6.70. The summed E-state index contributed by atoms with van der Waals surface area (Å²) in [6, 6.07) is 56.5. The third-order valence-corrected chi connectivity index (χ3v) is 9.29. The van der Waals surface area contributed by atoms with E-state index >= 15 is 0 Å². The Labute approximate surface area is 258 Å². The number of furan rings is 1. The fourth-order valence-electron chi connectivity index (χ4n) is 7.32. The van der Waals surface area contributed by atoms with Crippen molar-refractivity contribution < 1.29 is 4.42 Å². The van der Waals surface area contributed by atoms with Crippen LogP contribution in [0.2, 0.25) is 0 Å². The van der Waals surface area contributed by atoms with Gasteiger partial charge in [0.05, 0.1) is 27.8 Å². The van der Waals surface area contributed by atoms with Gasteiger partial charge in [0.2, 0.25) is 0 Å². The SMILES string of the molecule is c1ccc(-c2cc(-n3c4ccccc4c4cc5c6ccccc6n(-c6ccccc6)c5cc43)c3oc4ccccc4c3c2)cc1. The van der Waals surface area contributed by atoms with E-state index in [0.717, 1.165) is 49.9 Å². The molecule has 0 aliphatic rings. The number of hydrogen-bond acceptors (Lipinski definition) is 1. The summed E-state index contributed by atoms with van der Waals surface area (Å²) in [6.45, 7) is 0. The van der Waals surface area contributed by atoms with E-state index in [2.05, 4.69) is 161 Å².